The van der Waals surface area contributed by atoms with Gasteiger partial charge in [0.1, 0.15) is 0 Å². The number of sulfonamides is 1. The van der Waals surface area contributed by atoms with Crippen LogP contribution in [0.25, 0.3) is 0 Å². The van der Waals surface area contributed by atoms with Crippen molar-refractivity contribution in [3.8, 4) is 0 Å². The van der Waals surface area contributed by atoms with Gasteiger partial charge in [-0.3, -0.25) is 4.79 Å². The van der Waals surface area contributed by atoms with Crippen molar-refractivity contribution in [3.05, 3.63) is 29.8 Å². The van der Waals surface area contributed by atoms with Crippen LogP contribution in [0.5, 0.6) is 0 Å². The molecular weight excluding hydrogens is 290 g/mol. The fourth-order valence-corrected chi connectivity index (χ4v) is 3.38. The predicted molar refractivity (Wildman–Crippen MR) is 80.0 cm³/mol. The summed E-state index contributed by atoms with van der Waals surface area (Å²) in [6.45, 7) is 1.50. The molecule has 1 fully saturated rings. The Labute approximate surface area is 125 Å². The zero-order valence-corrected chi connectivity index (χ0v) is 12.7. The summed E-state index contributed by atoms with van der Waals surface area (Å²) in [7, 11) is -3.68. The summed E-state index contributed by atoms with van der Waals surface area (Å²) in [6.07, 6.45) is 3.09. The first-order chi connectivity index (χ1) is 10.0. The number of carbonyl (C=O) groups is 1. The molecule has 21 heavy (non-hydrogen) atoms. The normalized spacial score (nSPS) is 16.0. The van der Waals surface area contributed by atoms with Crippen molar-refractivity contribution < 1.29 is 13.2 Å². The molecule has 1 saturated heterocycles. The second-order valence-electron chi connectivity index (χ2n) is 5.12. The van der Waals surface area contributed by atoms with Crippen molar-refractivity contribution in [3.63, 3.8) is 0 Å². The SMILES string of the molecule is NCc1cccc(S(=O)(=O)NCC(=O)N2CCCCC2)c1. The van der Waals surface area contributed by atoms with Crippen LogP contribution in [0, 0.1) is 0 Å². The molecule has 1 aliphatic heterocycles. The summed E-state index contributed by atoms with van der Waals surface area (Å²) in [5, 5.41) is 0. The lowest BCUT2D eigenvalue weighted by molar-refractivity contribution is -0.130. The average Bonchev–Trinajstić information content (AvgIpc) is 2.53. The van der Waals surface area contributed by atoms with Crippen LogP contribution in [0.4, 0.5) is 0 Å². The summed E-state index contributed by atoms with van der Waals surface area (Å²) < 4.78 is 26.7. The summed E-state index contributed by atoms with van der Waals surface area (Å²) >= 11 is 0. The minimum Gasteiger partial charge on any atom is -0.342 e. The molecule has 0 radical (unpaired) electrons. The third kappa shape index (κ3) is 4.26. The van der Waals surface area contributed by atoms with Gasteiger partial charge in [-0.05, 0) is 37.0 Å². The molecule has 0 atom stereocenters. The van der Waals surface area contributed by atoms with Gasteiger partial charge in [0, 0.05) is 19.6 Å². The molecular formula is C14H21N3O3S. The number of nitrogens with two attached hydrogens (primary N) is 1. The highest BCUT2D eigenvalue weighted by Gasteiger charge is 2.20. The van der Waals surface area contributed by atoms with Crippen molar-refractivity contribution in [2.24, 2.45) is 5.73 Å². The number of amides is 1. The Morgan fingerprint density at radius 2 is 1.95 bits per heavy atom. The van der Waals surface area contributed by atoms with Crippen LogP contribution in [-0.2, 0) is 21.4 Å². The Bertz CT molecular complexity index is 595. The lowest BCUT2D eigenvalue weighted by Gasteiger charge is -2.26. The Hall–Kier alpha value is -1.44. The van der Waals surface area contributed by atoms with Crippen LogP contribution in [0.15, 0.2) is 29.2 Å². The van der Waals surface area contributed by atoms with Gasteiger partial charge in [0.25, 0.3) is 0 Å². The first-order valence-electron chi connectivity index (χ1n) is 7.09. The second-order valence-corrected chi connectivity index (χ2v) is 6.88. The number of hydrogen-bond acceptors (Lipinski definition) is 4. The molecule has 6 nitrogen and oxygen atoms in total. The smallest absolute Gasteiger partial charge is 0.241 e. The monoisotopic (exact) mass is 311 g/mol. The fraction of sp³-hybridized carbons (Fsp3) is 0.500. The van der Waals surface area contributed by atoms with E-state index in [1.165, 1.54) is 12.1 Å². The van der Waals surface area contributed by atoms with Crippen LogP contribution in [0.2, 0.25) is 0 Å². The molecule has 2 rings (SSSR count). The third-order valence-corrected chi connectivity index (χ3v) is 4.97. The second kappa shape index (κ2) is 7.02. The highest BCUT2D eigenvalue weighted by molar-refractivity contribution is 7.89. The number of carbonyl (C=O) groups excluding carboxylic acids is 1. The summed E-state index contributed by atoms with van der Waals surface area (Å²) in [5.41, 5.74) is 6.24. The van der Waals surface area contributed by atoms with E-state index < -0.39 is 10.0 Å². The number of hydrogen-bond donors (Lipinski definition) is 2. The number of rotatable bonds is 5. The first-order valence-corrected chi connectivity index (χ1v) is 8.58. The average molecular weight is 311 g/mol. The molecule has 0 aromatic heterocycles. The van der Waals surface area contributed by atoms with E-state index in [1.807, 2.05) is 0 Å². The Morgan fingerprint density at radius 3 is 2.62 bits per heavy atom. The summed E-state index contributed by atoms with van der Waals surface area (Å²) in [4.78, 5) is 13.8. The Balaban J connectivity index is 1.98. The van der Waals surface area contributed by atoms with Gasteiger partial charge < -0.3 is 10.6 Å². The molecule has 116 valence electrons. The van der Waals surface area contributed by atoms with E-state index in [0.29, 0.717) is 13.1 Å². The van der Waals surface area contributed by atoms with Gasteiger partial charge in [0.2, 0.25) is 15.9 Å². The van der Waals surface area contributed by atoms with E-state index in [9.17, 15) is 13.2 Å². The highest BCUT2D eigenvalue weighted by Crippen LogP contribution is 2.12. The van der Waals surface area contributed by atoms with E-state index in [2.05, 4.69) is 4.72 Å². The lowest BCUT2D eigenvalue weighted by atomic mass is 10.1. The topological polar surface area (TPSA) is 92.5 Å². The Morgan fingerprint density at radius 1 is 1.24 bits per heavy atom. The maximum Gasteiger partial charge on any atom is 0.241 e. The maximum atomic E-state index is 12.2. The molecule has 1 aromatic carbocycles. The fourth-order valence-electron chi connectivity index (χ4n) is 2.33. The molecule has 1 aliphatic rings. The molecule has 0 spiro atoms. The molecule has 0 bridgehead atoms. The van der Waals surface area contributed by atoms with Crippen molar-refractivity contribution in [1.82, 2.24) is 9.62 Å². The number of nitrogens with one attached hydrogen (secondary N) is 1. The molecule has 0 unspecified atom stereocenters. The maximum absolute atomic E-state index is 12.2. The van der Waals surface area contributed by atoms with Crippen LogP contribution in [0.1, 0.15) is 24.8 Å². The van der Waals surface area contributed by atoms with E-state index in [1.54, 1.807) is 17.0 Å². The van der Waals surface area contributed by atoms with Crippen LogP contribution in [-0.4, -0.2) is 38.9 Å². The van der Waals surface area contributed by atoms with Gasteiger partial charge in [-0.1, -0.05) is 12.1 Å². The molecule has 3 N–H and O–H groups in total. The van der Waals surface area contributed by atoms with E-state index in [4.69, 9.17) is 5.73 Å². The minimum atomic E-state index is -3.68. The zero-order chi connectivity index (χ0) is 15.3. The zero-order valence-electron chi connectivity index (χ0n) is 11.9. The first kappa shape index (κ1) is 15.9. The standard InChI is InChI=1S/C14H21N3O3S/c15-10-12-5-4-6-13(9-12)21(19,20)16-11-14(18)17-7-2-1-3-8-17/h4-6,9,16H,1-3,7-8,10-11,15H2. The van der Waals surface area contributed by atoms with Crippen LogP contribution in [0.3, 0.4) is 0 Å². The molecule has 0 saturated carbocycles. The molecule has 1 aromatic rings. The van der Waals surface area contributed by atoms with E-state index >= 15 is 0 Å². The third-order valence-electron chi connectivity index (χ3n) is 3.57. The largest absolute Gasteiger partial charge is 0.342 e. The molecule has 7 heteroatoms. The van der Waals surface area contributed by atoms with Crippen molar-refractivity contribution in [2.45, 2.75) is 30.7 Å². The van der Waals surface area contributed by atoms with Crippen LogP contribution < -0.4 is 10.5 Å². The molecule has 0 aliphatic carbocycles. The van der Waals surface area contributed by atoms with Crippen molar-refractivity contribution in [2.75, 3.05) is 19.6 Å². The van der Waals surface area contributed by atoms with Gasteiger partial charge in [0.15, 0.2) is 0 Å². The Kier molecular flexibility index (Phi) is 5.33. The molecule has 1 amide bonds. The number of piperidine rings is 1. The van der Waals surface area contributed by atoms with Crippen molar-refractivity contribution >= 4 is 15.9 Å². The van der Waals surface area contributed by atoms with Gasteiger partial charge in [0.05, 0.1) is 11.4 Å². The van der Waals surface area contributed by atoms with Gasteiger partial charge in [-0.15, -0.1) is 0 Å². The number of nitrogens with zero attached hydrogens (tertiary/aromatic N) is 1. The summed E-state index contributed by atoms with van der Waals surface area (Å²) in [6, 6.07) is 6.42. The number of benzene rings is 1. The predicted octanol–water partition coefficient (Wildman–Crippen LogP) is 0.436. The quantitative estimate of drug-likeness (QED) is 0.825. The highest BCUT2D eigenvalue weighted by atomic mass is 32.2. The lowest BCUT2D eigenvalue weighted by Crippen LogP contribution is -2.42. The number of likely N-dealkylation sites (tertiary alicyclic amines) is 1. The van der Waals surface area contributed by atoms with Gasteiger partial charge in [-0.2, -0.15) is 0 Å². The minimum absolute atomic E-state index is 0.136. The van der Waals surface area contributed by atoms with E-state index in [-0.39, 0.29) is 23.9 Å². The van der Waals surface area contributed by atoms with E-state index in [0.717, 1.165) is 24.8 Å². The molecule has 1 heterocycles. The van der Waals surface area contributed by atoms with Crippen LogP contribution >= 0.6 is 0 Å². The van der Waals surface area contributed by atoms with Gasteiger partial charge >= 0.3 is 0 Å². The van der Waals surface area contributed by atoms with Crippen molar-refractivity contribution in [1.29, 1.82) is 0 Å². The summed E-state index contributed by atoms with van der Waals surface area (Å²) in [5.74, 6) is -0.173. The van der Waals surface area contributed by atoms with Gasteiger partial charge in [-0.25, -0.2) is 13.1 Å².